The van der Waals surface area contributed by atoms with Crippen molar-refractivity contribution in [2.75, 3.05) is 6.61 Å². The predicted octanol–water partition coefficient (Wildman–Crippen LogP) is 2.32. The number of furan rings is 1. The molecule has 0 fully saturated rings. The number of hydrogen-bond acceptors (Lipinski definition) is 4. The van der Waals surface area contributed by atoms with E-state index in [2.05, 4.69) is 0 Å². The van der Waals surface area contributed by atoms with Crippen molar-refractivity contribution in [2.45, 2.75) is 6.92 Å². The van der Waals surface area contributed by atoms with Crippen molar-refractivity contribution < 1.29 is 19.1 Å². The third-order valence-electron chi connectivity index (χ3n) is 2.02. The monoisotopic (exact) mass is 206 g/mol. The zero-order valence-corrected chi connectivity index (χ0v) is 8.19. The molecule has 4 heteroatoms. The summed E-state index contributed by atoms with van der Waals surface area (Å²) in [6, 6.07) is 6.34. The first-order valence-electron chi connectivity index (χ1n) is 4.61. The summed E-state index contributed by atoms with van der Waals surface area (Å²) >= 11 is 0. The second kappa shape index (κ2) is 3.65. The van der Waals surface area contributed by atoms with Crippen molar-refractivity contribution >= 4 is 16.9 Å². The average Bonchev–Trinajstić information content (AvgIpc) is 2.63. The summed E-state index contributed by atoms with van der Waals surface area (Å²) in [4.78, 5) is 11.3. The molecule has 1 heterocycles. The molecule has 0 aliphatic rings. The highest BCUT2D eigenvalue weighted by molar-refractivity contribution is 5.94. The lowest BCUT2D eigenvalue weighted by molar-refractivity contribution is 0.0492. The van der Waals surface area contributed by atoms with Crippen LogP contribution in [0.15, 0.2) is 28.7 Å². The minimum atomic E-state index is -0.520. The third-order valence-corrected chi connectivity index (χ3v) is 2.02. The Labute approximate surface area is 86.1 Å². The molecule has 0 aliphatic heterocycles. The number of fused-ring (bicyclic) bond motifs is 1. The molecule has 1 aromatic carbocycles. The molecule has 1 N–H and O–H groups in total. The number of rotatable bonds is 2. The van der Waals surface area contributed by atoms with Gasteiger partial charge in [-0.3, -0.25) is 0 Å². The van der Waals surface area contributed by atoms with Crippen molar-refractivity contribution in [3.63, 3.8) is 0 Å². The Morgan fingerprint density at radius 2 is 2.33 bits per heavy atom. The van der Waals surface area contributed by atoms with Gasteiger partial charge in [0.1, 0.15) is 11.3 Å². The van der Waals surface area contributed by atoms with Gasteiger partial charge in [-0.25, -0.2) is 4.79 Å². The smallest absolute Gasteiger partial charge is 0.374 e. The van der Waals surface area contributed by atoms with Crippen molar-refractivity contribution in [1.82, 2.24) is 0 Å². The number of benzene rings is 1. The minimum absolute atomic E-state index is 0.0896. The van der Waals surface area contributed by atoms with Gasteiger partial charge < -0.3 is 14.3 Å². The Morgan fingerprint density at radius 3 is 3.00 bits per heavy atom. The number of esters is 1. The minimum Gasteiger partial charge on any atom is -0.507 e. The third kappa shape index (κ3) is 1.66. The van der Waals surface area contributed by atoms with E-state index in [0.29, 0.717) is 17.6 Å². The van der Waals surface area contributed by atoms with Crippen LogP contribution in [-0.2, 0) is 4.74 Å². The van der Waals surface area contributed by atoms with E-state index >= 15 is 0 Å². The van der Waals surface area contributed by atoms with E-state index in [0.717, 1.165) is 0 Å². The average molecular weight is 206 g/mol. The summed E-state index contributed by atoms with van der Waals surface area (Å²) in [5, 5.41) is 10.00. The van der Waals surface area contributed by atoms with Gasteiger partial charge in [0.15, 0.2) is 0 Å². The number of carbonyl (C=O) groups is 1. The van der Waals surface area contributed by atoms with E-state index < -0.39 is 5.97 Å². The summed E-state index contributed by atoms with van der Waals surface area (Å²) in [7, 11) is 0. The molecule has 0 amide bonds. The first kappa shape index (κ1) is 9.58. The summed E-state index contributed by atoms with van der Waals surface area (Å²) in [6.45, 7) is 2.01. The highest BCUT2D eigenvalue weighted by Crippen LogP contribution is 2.27. The zero-order chi connectivity index (χ0) is 10.8. The molecule has 78 valence electrons. The topological polar surface area (TPSA) is 59.7 Å². The van der Waals surface area contributed by atoms with E-state index in [1.165, 1.54) is 12.1 Å². The number of aromatic hydroxyl groups is 1. The van der Waals surface area contributed by atoms with E-state index in [4.69, 9.17) is 9.15 Å². The van der Waals surface area contributed by atoms with Crippen molar-refractivity contribution in [1.29, 1.82) is 0 Å². The second-order valence-corrected chi connectivity index (χ2v) is 3.02. The number of hydrogen-bond donors (Lipinski definition) is 1. The Hall–Kier alpha value is -1.97. The van der Waals surface area contributed by atoms with Crippen LogP contribution >= 0.6 is 0 Å². The van der Waals surface area contributed by atoms with Gasteiger partial charge in [-0.15, -0.1) is 0 Å². The molecule has 0 saturated heterocycles. The number of ether oxygens (including phenoxy) is 1. The van der Waals surface area contributed by atoms with Gasteiger partial charge in [0, 0.05) is 6.07 Å². The van der Waals surface area contributed by atoms with Gasteiger partial charge in [0.05, 0.1) is 12.0 Å². The first-order valence-corrected chi connectivity index (χ1v) is 4.61. The molecule has 2 aromatic rings. The lowest BCUT2D eigenvalue weighted by Crippen LogP contribution is -2.02. The van der Waals surface area contributed by atoms with Gasteiger partial charge in [-0.05, 0) is 19.1 Å². The Bertz CT molecular complexity index is 498. The van der Waals surface area contributed by atoms with Crippen LogP contribution in [0.25, 0.3) is 11.0 Å². The molecule has 0 unspecified atom stereocenters. The van der Waals surface area contributed by atoms with Gasteiger partial charge in [0.2, 0.25) is 5.76 Å². The molecular weight excluding hydrogens is 196 g/mol. The van der Waals surface area contributed by atoms with E-state index in [1.54, 1.807) is 19.1 Å². The van der Waals surface area contributed by atoms with Crippen molar-refractivity contribution in [2.24, 2.45) is 0 Å². The molecule has 0 bridgehead atoms. The number of carbonyl (C=O) groups excluding carboxylic acids is 1. The van der Waals surface area contributed by atoms with Crippen LogP contribution in [0.4, 0.5) is 0 Å². The maximum absolute atomic E-state index is 11.3. The van der Waals surface area contributed by atoms with Gasteiger partial charge in [0.25, 0.3) is 0 Å². The van der Waals surface area contributed by atoms with Crippen molar-refractivity contribution in [3.8, 4) is 5.75 Å². The summed E-state index contributed by atoms with van der Waals surface area (Å²) in [6.07, 6.45) is 0. The van der Waals surface area contributed by atoms with Gasteiger partial charge in [-0.2, -0.15) is 0 Å². The zero-order valence-electron chi connectivity index (χ0n) is 8.19. The molecule has 15 heavy (non-hydrogen) atoms. The van der Waals surface area contributed by atoms with Crippen LogP contribution in [0, 0.1) is 0 Å². The maximum atomic E-state index is 11.3. The van der Waals surface area contributed by atoms with Crippen LogP contribution in [0.3, 0.4) is 0 Å². The maximum Gasteiger partial charge on any atom is 0.374 e. The fraction of sp³-hybridized carbons (Fsp3) is 0.182. The fourth-order valence-electron chi connectivity index (χ4n) is 1.35. The van der Waals surface area contributed by atoms with Crippen LogP contribution in [0.2, 0.25) is 0 Å². The summed E-state index contributed by atoms with van der Waals surface area (Å²) in [5.74, 6) is -0.326. The fourth-order valence-corrected chi connectivity index (χ4v) is 1.35. The Balaban J connectivity index is 2.47. The Morgan fingerprint density at radius 1 is 1.53 bits per heavy atom. The summed E-state index contributed by atoms with van der Waals surface area (Å²) in [5.41, 5.74) is 0.470. The molecule has 0 saturated carbocycles. The van der Waals surface area contributed by atoms with Gasteiger partial charge in [-0.1, -0.05) is 6.07 Å². The van der Waals surface area contributed by atoms with E-state index in [9.17, 15) is 9.90 Å². The largest absolute Gasteiger partial charge is 0.507 e. The SMILES string of the molecule is CCOC(=O)c1cc2c(O)cccc2o1. The highest BCUT2D eigenvalue weighted by Gasteiger charge is 2.14. The van der Waals surface area contributed by atoms with Crippen LogP contribution in [-0.4, -0.2) is 17.7 Å². The van der Waals surface area contributed by atoms with Crippen LogP contribution in [0.5, 0.6) is 5.75 Å². The normalized spacial score (nSPS) is 10.5. The molecule has 0 atom stereocenters. The molecular formula is C11H10O4. The quantitative estimate of drug-likeness (QED) is 0.766. The standard InChI is InChI=1S/C11H10O4/c1-2-14-11(13)10-6-7-8(12)4-3-5-9(7)15-10/h3-6,12H,2H2,1H3. The lowest BCUT2D eigenvalue weighted by Gasteiger charge is -1.95. The molecule has 2 rings (SSSR count). The van der Waals surface area contributed by atoms with Crippen molar-refractivity contribution in [3.05, 3.63) is 30.0 Å². The van der Waals surface area contributed by atoms with Crippen LogP contribution in [0.1, 0.15) is 17.5 Å². The second-order valence-electron chi connectivity index (χ2n) is 3.02. The summed E-state index contributed by atoms with van der Waals surface area (Å²) < 4.78 is 10.0. The van der Waals surface area contributed by atoms with E-state index in [-0.39, 0.29) is 11.5 Å². The van der Waals surface area contributed by atoms with Gasteiger partial charge >= 0.3 is 5.97 Å². The first-order chi connectivity index (χ1) is 7.22. The Kier molecular flexibility index (Phi) is 2.33. The molecule has 0 radical (unpaired) electrons. The molecule has 1 aromatic heterocycles. The molecule has 4 nitrogen and oxygen atoms in total. The number of phenols is 1. The molecule has 0 aliphatic carbocycles. The predicted molar refractivity (Wildman–Crippen MR) is 53.8 cm³/mol. The highest BCUT2D eigenvalue weighted by atomic mass is 16.5. The van der Waals surface area contributed by atoms with E-state index in [1.807, 2.05) is 0 Å². The number of phenolic OH excluding ortho intramolecular Hbond substituents is 1. The molecule has 0 spiro atoms. The van der Waals surface area contributed by atoms with Crippen LogP contribution < -0.4 is 0 Å². The lowest BCUT2D eigenvalue weighted by atomic mass is 10.2.